The van der Waals surface area contributed by atoms with E-state index in [-0.39, 0.29) is 16.2 Å². The van der Waals surface area contributed by atoms with Gasteiger partial charge in [0.2, 0.25) is 0 Å². The Bertz CT molecular complexity index is 455. The first-order valence-corrected chi connectivity index (χ1v) is 7.12. The average Bonchev–Trinajstić information content (AvgIpc) is 2.54. The summed E-state index contributed by atoms with van der Waals surface area (Å²) in [5.41, 5.74) is 4.09. The van der Waals surface area contributed by atoms with Gasteiger partial charge in [-0.15, -0.1) is 0 Å². The monoisotopic (exact) mass is 262 g/mol. The summed E-state index contributed by atoms with van der Waals surface area (Å²) in [6.07, 6.45) is 0. The molecule has 0 fully saturated rings. The zero-order valence-corrected chi connectivity index (χ0v) is 14.4. The standard InChI is InChI=1S/C17H30N2/c1-15(2,3)11-12(16(4,5)6)14(18-10)19-13(11)17(7,8)9/h1-10H3. The Morgan fingerprint density at radius 3 is 1.37 bits per heavy atom. The van der Waals surface area contributed by atoms with Gasteiger partial charge >= 0.3 is 0 Å². The van der Waals surface area contributed by atoms with Crippen LogP contribution in [-0.2, 0) is 0 Å². The van der Waals surface area contributed by atoms with Gasteiger partial charge in [0.1, 0.15) is 0 Å². The number of aliphatic imine (C=N–C) groups is 2. The molecule has 0 aromatic rings. The van der Waals surface area contributed by atoms with Crippen molar-refractivity contribution in [2.45, 2.75) is 62.3 Å². The number of rotatable bonds is 0. The van der Waals surface area contributed by atoms with Crippen molar-refractivity contribution < 1.29 is 0 Å². The lowest BCUT2D eigenvalue weighted by Gasteiger charge is -2.33. The molecule has 0 N–H and O–H groups in total. The second-order valence-corrected chi connectivity index (χ2v) is 8.51. The van der Waals surface area contributed by atoms with Crippen LogP contribution in [0.1, 0.15) is 62.3 Å². The Hall–Kier alpha value is -0.920. The molecule has 0 amide bonds. The summed E-state index contributed by atoms with van der Waals surface area (Å²) in [6.45, 7) is 20.3. The first kappa shape index (κ1) is 16.1. The van der Waals surface area contributed by atoms with Crippen molar-refractivity contribution in [1.82, 2.24) is 0 Å². The third-order valence-electron chi connectivity index (χ3n) is 3.35. The van der Waals surface area contributed by atoms with Gasteiger partial charge < -0.3 is 0 Å². The van der Waals surface area contributed by atoms with Crippen LogP contribution in [0.3, 0.4) is 0 Å². The Morgan fingerprint density at radius 2 is 1.11 bits per heavy atom. The van der Waals surface area contributed by atoms with E-state index >= 15 is 0 Å². The minimum atomic E-state index is 0.0472. The molecule has 0 unspecified atom stereocenters. The van der Waals surface area contributed by atoms with Gasteiger partial charge in [0.25, 0.3) is 0 Å². The van der Waals surface area contributed by atoms with E-state index < -0.39 is 0 Å². The molecular weight excluding hydrogens is 232 g/mol. The molecule has 0 saturated heterocycles. The van der Waals surface area contributed by atoms with Crippen molar-refractivity contribution in [3.63, 3.8) is 0 Å². The van der Waals surface area contributed by atoms with Gasteiger partial charge in [-0.05, 0) is 16.4 Å². The first-order chi connectivity index (χ1) is 8.30. The van der Waals surface area contributed by atoms with Crippen LogP contribution in [0.4, 0.5) is 0 Å². The smallest absolute Gasteiger partial charge is 0.151 e. The van der Waals surface area contributed by atoms with E-state index in [1.165, 1.54) is 16.9 Å². The van der Waals surface area contributed by atoms with Crippen LogP contribution >= 0.6 is 0 Å². The van der Waals surface area contributed by atoms with Gasteiger partial charge in [-0.25, -0.2) is 4.99 Å². The fourth-order valence-corrected chi connectivity index (χ4v) is 2.59. The molecule has 0 aliphatic carbocycles. The molecule has 2 nitrogen and oxygen atoms in total. The molecule has 0 saturated carbocycles. The fraction of sp³-hybridized carbons (Fsp3) is 0.765. The van der Waals surface area contributed by atoms with Crippen molar-refractivity contribution in [3.8, 4) is 0 Å². The Balaban J connectivity index is 3.68. The maximum Gasteiger partial charge on any atom is 0.151 e. The number of allylic oxidation sites excluding steroid dienone is 1. The SMILES string of the molecule is CN=C1N=C(C(C)(C)C)C(C(C)(C)C)=C1C(C)(C)C. The van der Waals surface area contributed by atoms with Crippen molar-refractivity contribution in [1.29, 1.82) is 0 Å². The minimum Gasteiger partial charge on any atom is -0.270 e. The van der Waals surface area contributed by atoms with Crippen LogP contribution in [0.15, 0.2) is 21.1 Å². The maximum absolute atomic E-state index is 4.87. The maximum atomic E-state index is 4.87. The highest BCUT2D eigenvalue weighted by molar-refractivity contribution is 6.23. The summed E-state index contributed by atoms with van der Waals surface area (Å²) in [4.78, 5) is 9.30. The number of nitrogens with zero attached hydrogens (tertiary/aromatic N) is 2. The normalized spacial score (nSPS) is 20.3. The van der Waals surface area contributed by atoms with Crippen LogP contribution in [0, 0.1) is 16.2 Å². The Labute approximate surface area is 119 Å². The van der Waals surface area contributed by atoms with Gasteiger partial charge in [-0.1, -0.05) is 62.3 Å². The summed E-state index contributed by atoms with van der Waals surface area (Å²) < 4.78 is 0. The topological polar surface area (TPSA) is 24.7 Å². The van der Waals surface area contributed by atoms with Crippen molar-refractivity contribution in [3.05, 3.63) is 11.1 Å². The second-order valence-electron chi connectivity index (χ2n) is 8.51. The molecule has 1 heterocycles. The van der Waals surface area contributed by atoms with Crippen LogP contribution < -0.4 is 0 Å². The van der Waals surface area contributed by atoms with Gasteiger partial charge in [0, 0.05) is 18.0 Å². The van der Waals surface area contributed by atoms with Gasteiger partial charge in [-0.2, -0.15) is 0 Å². The predicted molar refractivity (Wildman–Crippen MR) is 86.2 cm³/mol. The molecular formula is C17H30N2. The highest BCUT2D eigenvalue weighted by Gasteiger charge is 2.41. The summed E-state index contributed by atoms with van der Waals surface area (Å²) in [5, 5.41) is 0. The molecule has 0 aromatic carbocycles. The molecule has 0 radical (unpaired) electrons. The second kappa shape index (κ2) is 4.57. The van der Waals surface area contributed by atoms with E-state index in [1.807, 2.05) is 7.05 Å². The molecule has 108 valence electrons. The number of amidine groups is 1. The lowest BCUT2D eigenvalue weighted by atomic mass is 9.70. The summed E-state index contributed by atoms with van der Waals surface area (Å²) in [6, 6.07) is 0. The first-order valence-electron chi connectivity index (χ1n) is 7.12. The van der Waals surface area contributed by atoms with Gasteiger partial charge in [0.15, 0.2) is 5.84 Å². The van der Waals surface area contributed by atoms with Crippen LogP contribution in [0.2, 0.25) is 0 Å². The number of hydrogen-bond acceptors (Lipinski definition) is 1. The predicted octanol–water partition coefficient (Wildman–Crippen LogP) is 4.90. The van der Waals surface area contributed by atoms with Crippen LogP contribution in [0.25, 0.3) is 0 Å². The van der Waals surface area contributed by atoms with Crippen molar-refractivity contribution >= 4 is 11.5 Å². The molecule has 1 aliphatic heterocycles. The highest BCUT2D eigenvalue weighted by atomic mass is 14.9. The highest BCUT2D eigenvalue weighted by Crippen LogP contribution is 2.45. The van der Waals surface area contributed by atoms with Crippen LogP contribution in [-0.4, -0.2) is 18.6 Å². The fourth-order valence-electron chi connectivity index (χ4n) is 2.59. The van der Waals surface area contributed by atoms with E-state index in [4.69, 9.17) is 4.99 Å². The molecule has 19 heavy (non-hydrogen) atoms. The molecule has 2 heteroatoms. The Kier molecular flexibility index (Phi) is 3.88. The zero-order valence-electron chi connectivity index (χ0n) is 14.4. The van der Waals surface area contributed by atoms with Crippen molar-refractivity contribution in [2.75, 3.05) is 7.05 Å². The summed E-state index contributed by atoms with van der Waals surface area (Å²) in [5.74, 6) is 0.919. The zero-order chi connectivity index (χ0) is 15.2. The van der Waals surface area contributed by atoms with Crippen molar-refractivity contribution in [2.24, 2.45) is 26.2 Å². The third kappa shape index (κ3) is 3.16. The minimum absolute atomic E-state index is 0.0472. The summed E-state index contributed by atoms with van der Waals surface area (Å²) >= 11 is 0. The lowest BCUT2D eigenvalue weighted by molar-refractivity contribution is 0.466. The Morgan fingerprint density at radius 1 is 0.684 bits per heavy atom. The molecule has 0 spiro atoms. The van der Waals surface area contributed by atoms with Gasteiger partial charge in [0.05, 0.1) is 5.71 Å². The number of hydrogen-bond donors (Lipinski definition) is 0. The molecule has 0 atom stereocenters. The molecule has 1 aliphatic rings. The molecule has 0 aromatic heterocycles. The van der Waals surface area contributed by atoms with Gasteiger partial charge in [-0.3, -0.25) is 4.99 Å². The van der Waals surface area contributed by atoms with E-state index in [0.717, 1.165) is 5.84 Å². The molecule has 1 rings (SSSR count). The quantitative estimate of drug-likeness (QED) is 0.593. The average molecular weight is 262 g/mol. The lowest BCUT2D eigenvalue weighted by Crippen LogP contribution is -2.29. The van der Waals surface area contributed by atoms with E-state index in [1.54, 1.807) is 0 Å². The van der Waals surface area contributed by atoms with E-state index in [9.17, 15) is 0 Å². The third-order valence-corrected chi connectivity index (χ3v) is 3.35. The van der Waals surface area contributed by atoms with E-state index in [0.29, 0.717) is 0 Å². The molecule has 0 bridgehead atoms. The van der Waals surface area contributed by atoms with Crippen LogP contribution in [0.5, 0.6) is 0 Å². The van der Waals surface area contributed by atoms with E-state index in [2.05, 4.69) is 67.3 Å². The largest absolute Gasteiger partial charge is 0.270 e. The summed E-state index contributed by atoms with van der Waals surface area (Å²) in [7, 11) is 1.84.